The molecule has 120 valence electrons. The van der Waals surface area contributed by atoms with Gasteiger partial charge < -0.3 is 5.32 Å². The van der Waals surface area contributed by atoms with E-state index in [9.17, 15) is 4.79 Å². The molecule has 0 atom stereocenters. The Kier molecular flexibility index (Phi) is 4.81. The molecule has 3 aromatic rings. The average molecular weight is 318 g/mol. The number of rotatable bonds is 5. The van der Waals surface area contributed by atoms with Gasteiger partial charge in [0.2, 0.25) is 5.91 Å². The number of carbonyl (C=O) groups excluding carboxylic acids is 1. The molecule has 1 amide bonds. The lowest BCUT2D eigenvalue weighted by Gasteiger charge is -2.06. The fourth-order valence-electron chi connectivity index (χ4n) is 2.37. The molecule has 2 heterocycles. The van der Waals surface area contributed by atoms with Gasteiger partial charge in [-0.15, -0.1) is 0 Å². The van der Waals surface area contributed by atoms with Crippen LogP contribution in [0.3, 0.4) is 0 Å². The summed E-state index contributed by atoms with van der Waals surface area (Å²) in [6, 6.07) is 13.7. The average Bonchev–Trinajstić information content (AvgIpc) is 3.05. The maximum absolute atomic E-state index is 11.9. The van der Waals surface area contributed by atoms with E-state index in [2.05, 4.69) is 15.4 Å². The van der Waals surface area contributed by atoms with Crippen molar-refractivity contribution in [2.75, 3.05) is 0 Å². The van der Waals surface area contributed by atoms with Crippen molar-refractivity contribution in [1.29, 1.82) is 0 Å². The Morgan fingerprint density at radius 3 is 2.79 bits per heavy atom. The molecule has 0 aliphatic rings. The first-order valence-corrected chi connectivity index (χ1v) is 7.65. The third-order valence-electron chi connectivity index (χ3n) is 3.61. The molecule has 0 radical (unpaired) electrons. The molecule has 0 bridgehead atoms. The van der Waals surface area contributed by atoms with Crippen LogP contribution in [0.15, 0.2) is 67.1 Å². The number of aromatic nitrogens is 3. The third kappa shape index (κ3) is 3.95. The number of pyridine rings is 1. The van der Waals surface area contributed by atoms with Crippen LogP contribution in [0.4, 0.5) is 0 Å². The van der Waals surface area contributed by atoms with Gasteiger partial charge in [0, 0.05) is 43.8 Å². The zero-order valence-corrected chi connectivity index (χ0v) is 13.4. The van der Waals surface area contributed by atoms with E-state index in [4.69, 9.17) is 0 Å². The summed E-state index contributed by atoms with van der Waals surface area (Å²) in [5, 5.41) is 7.03. The Bertz CT molecular complexity index is 853. The highest BCUT2D eigenvalue weighted by molar-refractivity contribution is 5.91. The van der Waals surface area contributed by atoms with Gasteiger partial charge in [0.25, 0.3) is 0 Å². The van der Waals surface area contributed by atoms with Crippen molar-refractivity contribution in [3.05, 3.63) is 78.3 Å². The van der Waals surface area contributed by atoms with Crippen LogP contribution in [-0.2, 0) is 18.4 Å². The molecule has 0 spiro atoms. The van der Waals surface area contributed by atoms with E-state index in [1.807, 2.05) is 49.5 Å². The van der Waals surface area contributed by atoms with Gasteiger partial charge in [-0.1, -0.05) is 30.3 Å². The highest BCUT2D eigenvalue weighted by atomic mass is 16.1. The summed E-state index contributed by atoms with van der Waals surface area (Å²) >= 11 is 0. The van der Waals surface area contributed by atoms with Crippen molar-refractivity contribution in [1.82, 2.24) is 20.1 Å². The maximum Gasteiger partial charge on any atom is 0.244 e. The predicted octanol–water partition coefficient (Wildman–Crippen LogP) is 2.81. The molecular weight excluding hydrogens is 300 g/mol. The van der Waals surface area contributed by atoms with E-state index in [1.165, 1.54) is 6.08 Å². The van der Waals surface area contributed by atoms with Crippen LogP contribution < -0.4 is 5.32 Å². The first-order chi connectivity index (χ1) is 11.7. The van der Waals surface area contributed by atoms with Crippen LogP contribution in [0.5, 0.6) is 0 Å². The van der Waals surface area contributed by atoms with Gasteiger partial charge in [-0.05, 0) is 29.3 Å². The summed E-state index contributed by atoms with van der Waals surface area (Å²) in [6.07, 6.45) is 8.62. The van der Waals surface area contributed by atoms with E-state index in [0.717, 1.165) is 22.4 Å². The summed E-state index contributed by atoms with van der Waals surface area (Å²) in [4.78, 5) is 16.2. The van der Waals surface area contributed by atoms with Crippen LogP contribution in [0.25, 0.3) is 17.3 Å². The predicted molar refractivity (Wildman–Crippen MR) is 93.8 cm³/mol. The Hall–Kier alpha value is -3.21. The number of aryl methyl sites for hydroxylation is 1. The summed E-state index contributed by atoms with van der Waals surface area (Å²) in [7, 11) is 1.89. The molecule has 0 aliphatic heterocycles. The van der Waals surface area contributed by atoms with Crippen molar-refractivity contribution < 1.29 is 4.79 Å². The van der Waals surface area contributed by atoms with Gasteiger partial charge in [0.1, 0.15) is 0 Å². The second-order valence-corrected chi connectivity index (χ2v) is 5.38. The van der Waals surface area contributed by atoms with Crippen LogP contribution in [-0.4, -0.2) is 20.7 Å². The number of nitrogens with zero attached hydrogens (tertiary/aromatic N) is 3. The smallest absolute Gasteiger partial charge is 0.244 e. The van der Waals surface area contributed by atoms with Gasteiger partial charge in [-0.3, -0.25) is 14.5 Å². The summed E-state index contributed by atoms with van der Waals surface area (Å²) in [5.74, 6) is -0.134. The van der Waals surface area contributed by atoms with Crippen molar-refractivity contribution >= 4 is 12.0 Å². The van der Waals surface area contributed by atoms with E-state index in [1.54, 1.807) is 29.3 Å². The molecule has 0 saturated heterocycles. The second-order valence-electron chi connectivity index (χ2n) is 5.38. The van der Waals surface area contributed by atoms with Crippen molar-refractivity contribution in [3.8, 4) is 11.3 Å². The SMILES string of the molecule is Cn1nccc1-c1cncc(CNC(=O)/C=C/c2ccccc2)c1. The number of hydrogen-bond donors (Lipinski definition) is 1. The summed E-state index contributed by atoms with van der Waals surface area (Å²) < 4.78 is 1.79. The minimum Gasteiger partial charge on any atom is -0.348 e. The lowest BCUT2D eigenvalue weighted by Crippen LogP contribution is -2.20. The van der Waals surface area contributed by atoms with Gasteiger partial charge in [0.15, 0.2) is 0 Å². The highest BCUT2D eigenvalue weighted by Gasteiger charge is 2.04. The zero-order valence-electron chi connectivity index (χ0n) is 13.4. The van der Waals surface area contributed by atoms with E-state index in [0.29, 0.717) is 6.54 Å². The lowest BCUT2D eigenvalue weighted by molar-refractivity contribution is -0.116. The van der Waals surface area contributed by atoms with Crippen molar-refractivity contribution in [2.24, 2.45) is 7.05 Å². The molecule has 1 N–H and O–H groups in total. The Morgan fingerprint density at radius 2 is 2.04 bits per heavy atom. The molecule has 0 fully saturated rings. The van der Waals surface area contributed by atoms with E-state index < -0.39 is 0 Å². The minimum atomic E-state index is -0.134. The van der Waals surface area contributed by atoms with Gasteiger partial charge in [-0.2, -0.15) is 5.10 Å². The monoisotopic (exact) mass is 318 g/mol. The maximum atomic E-state index is 11.9. The molecule has 2 aromatic heterocycles. The number of amides is 1. The first-order valence-electron chi connectivity index (χ1n) is 7.65. The van der Waals surface area contributed by atoms with Crippen LogP contribution in [0.1, 0.15) is 11.1 Å². The summed E-state index contributed by atoms with van der Waals surface area (Å²) in [6.45, 7) is 0.427. The van der Waals surface area contributed by atoms with Gasteiger partial charge >= 0.3 is 0 Å². The number of nitrogens with one attached hydrogen (secondary N) is 1. The Morgan fingerprint density at radius 1 is 1.21 bits per heavy atom. The molecule has 3 rings (SSSR count). The van der Waals surface area contributed by atoms with Crippen molar-refractivity contribution in [3.63, 3.8) is 0 Å². The molecule has 5 heteroatoms. The minimum absolute atomic E-state index is 0.134. The fraction of sp³-hybridized carbons (Fsp3) is 0.105. The van der Waals surface area contributed by atoms with Crippen LogP contribution in [0, 0.1) is 0 Å². The zero-order chi connectivity index (χ0) is 16.8. The van der Waals surface area contributed by atoms with E-state index in [-0.39, 0.29) is 5.91 Å². The molecule has 0 saturated carbocycles. The fourth-order valence-corrected chi connectivity index (χ4v) is 2.37. The molecule has 0 aliphatic carbocycles. The number of carbonyl (C=O) groups is 1. The number of benzene rings is 1. The number of hydrogen-bond acceptors (Lipinski definition) is 3. The first kappa shape index (κ1) is 15.7. The highest BCUT2D eigenvalue weighted by Crippen LogP contribution is 2.17. The van der Waals surface area contributed by atoms with E-state index >= 15 is 0 Å². The van der Waals surface area contributed by atoms with Gasteiger partial charge in [-0.25, -0.2) is 0 Å². The lowest BCUT2D eigenvalue weighted by atomic mass is 10.1. The Labute approximate surface area is 140 Å². The topological polar surface area (TPSA) is 59.8 Å². The van der Waals surface area contributed by atoms with Gasteiger partial charge in [0.05, 0.1) is 5.69 Å². The standard InChI is InChI=1S/C19H18N4O/c1-23-18(9-10-22-23)17-11-16(12-20-14-17)13-21-19(24)8-7-15-5-3-2-4-6-15/h2-12,14H,13H2,1H3,(H,21,24)/b8-7+. The largest absolute Gasteiger partial charge is 0.348 e. The molecule has 0 unspecified atom stereocenters. The molecular formula is C19H18N4O. The van der Waals surface area contributed by atoms with Crippen LogP contribution >= 0.6 is 0 Å². The Balaban J connectivity index is 1.62. The van der Waals surface area contributed by atoms with Crippen LogP contribution in [0.2, 0.25) is 0 Å². The quantitative estimate of drug-likeness (QED) is 0.736. The molecule has 5 nitrogen and oxygen atoms in total. The van der Waals surface area contributed by atoms with Crippen molar-refractivity contribution in [2.45, 2.75) is 6.54 Å². The normalized spacial score (nSPS) is 10.9. The molecule has 1 aromatic carbocycles. The summed E-state index contributed by atoms with van der Waals surface area (Å²) in [5.41, 5.74) is 3.89. The molecule has 24 heavy (non-hydrogen) atoms. The third-order valence-corrected chi connectivity index (χ3v) is 3.61. The second kappa shape index (κ2) is 7.37.